The zero-order valence-electron chi connectivity index (χ0n) is 10.2. The molecular formula is C13H22N2. The molecule has 1 aromatic carbocycles. The number of hydrogen-bond donors (Lipinski definition) is 1. The van der Waals surface area contributed by atoms with Crippen molar-refractivity contribution in [1.29, 1.82) is 0 Å². The number of aryl methyl sites for hydroxylation is 2. The molecule has 2 nitrogen and oxygen atoms in total. The highest BCUT2D eigenvalue weighted by molar-refractivity contribution is 5.50. The van der Waals surface area contributed by atoms with E-state index in [-0.39, 0.29) is 0 Å². The molecule has 15 heavy (non-hydrogen) atoms. The summed E-state index contributed by atoms with van der Waals surface area (Å²) in [6, 6.07) is 6.64. The van der Waals surface area contributed by atoms with Gasteiger partial charge in [0, 0.05) is 19.3 Å². The van der Waals surface area contributed by atoms with Crippen molar-refractivity contribution < 1.29 is 0 Å². The Labute approximate surface area is 93.1 Å². The summed E-state index contributed by atoms with van der Waals surface area (Å²) < 4.78 is 0. The van der Waals surface area contributed by atoms with Gasteiger partial charge in [-0.2, -0.15) is 0 Å². The van der Waals surface area contributed by atoms with E-state index in [1.165, 1.54) is 16.8 Å². The zero-order chi connectivity index (χ0) is 11.4. The molecule has 84 valence electrons. The van der Waals surface area contributed by atoms with E-state index in [0.29, 0.717) is 5.92 Å². The van der Waals surface area contributed by atoms with Gasteiger partial charge in [0.05, 0.1) is 0 Å². The van der Waals surface area contributed by atoms with Crippen molar-refractivity contribution in [3.05, 3.63) is 29.3 Å². The van der Waals surface area contributed by atoms with Crippen molar-refractivity contribution in [2.75, 3.05) is 25.0 Å². The average molecular weight is 206 g/mol. The molecule has 0 aliphatic rings. The number of hydrogen-bond acceptors (Lipinski definition) is 2. The largest absolute Gasteiger partial charge is 0.374 e. The molecule has 1 aromatic rings. The predicted octanol–water partition coefficient (Wildman–Crippen LogP) is 2.33. The Kier molecular flexibility index (Phi) is 4.15. The summed E-state index contributed by atoms with van der Waals surface area (Å²) in [6.07, 6.45) is 0. The summed E-state index contributed by atoms with van der Waals surface area (Å²) in [5, 5.41) is 0. The fraction of sp³-hybridized carbons (Fsp3) is 0.538. The molecule has 0 bridgehead atoms. The Morgan fingerprint density at radius 3 is 2.20 bits per heavy atom. The minimum Gasteiger partial charge on any atom is -0.374 e. The second kappa shape index (κ2) is 5.17. The lowest BCUT2D eigenvalue weighted by molar-refractivity contribution is 0.590. The van der Waals surface area contributed by atoms with Gasteiger partial charge < -0.3 is 10.6 Å². The van der Waals surface area contributed by atoms with Gasteiger partial charge in [-0.1, -0.05) is 13.0 Å². The first-order valence-corrected chi connectivity index (χ1v) is 5.52. The van der Waals surface area contributed by atoms with Crippen LogP contribution in [0.3, 0.4) is 0 Å². The van der Waals surface area contributed by atoms with Crippen LogP contribution in [0, 0.1) is 19.8 Å². The van der Waals surface area contributed by atoms with E-state index in [1.54, 1.807) is 0 Å². The Bertz CT molecular complexity index is 300. The van der Waals surface area contributed by atoms with Crippen LogP contribution < -0.4 is 10.6 Å². The van der Waals surface area contributed by atoms with Crippen LogP contribution in [0.1, 0.15) is 18.1 Å². The van der Waals surface area contributed by atoms with Crippen LogP contribution in [0.2, 0.25) is 0 Å². The predicted molar refractivity (Wildman–Crippen MR) is 67.4 cm³/mol. The summed E-state index contributed by atoms with van der Waals surface area (Å²) >= 11 is 0. The van der Waals surface area contributed by atoms with Crippen LogP contribution in [-0.4, -0.2) is 20.1 Å². The maximum absolute atomic E-state index is 5.63. The molecule has 2 N–H and O–H groups in total. The van der Waals surface area contributed by atoms with Crippen molar-refractivity contribution >= 4 is 5.69 Å². The number of nitrogens with zero attached hydrogens (tertiary/aromatic N) is 1. The molecule has 0 spiro atoms. The van der Waals surface area contributed by atoms with Gasteiger partial charge in [-0.25, -0.2) is 0 Å². The smallest absolute Gasteiger partial charge is 0.0369 e. The summed E-state index contributed by atoms with van der Waals surface area (Å²) in [5.74, 6) is 0.538. The van der Waals surface area contributed by atoms with Crippen LogP contribution in [-0.2, 0) is 0 Å². The van der Waals surface area contributed by atoms with E-state index < -0.39 is 0 Å². The van der Waals surface area contributed by atoms with Crippen LogP contribution in [0.4, 0.5) is 5.69 Å². The summed E-state index contributed by atoms with van der Waals surface area (Å²) in [4.78, 5) is 2.28. The quantitative estimate of drug-likeness (QED) is 0.819. The van der Waals surface area contributed by atoms with Crippen molar-refractivity contribution in [3.8, 4) is 0 Å². The van der Waals surface area contributed by atoms with E-state index in [9.17, 15) is 0 Å². The Balaban J connectivity index is 2.77. The third-order valence-electron chi connectivity index (χ3n) is 2.64. The van der Waals surface area contributed by atoms with Crippen LogP contribution in [0.25, 0.3) is 0 Å². The summed E-state index contributed by atoms with van der Waals surface area (Å²) in [6.45, 7) is 8.21. The van der Waals surface area contributed by atoms with E-state index >= 15 is 0 Å². The fourth-order valence-corrected chi connectivity index (χ4v) is 1.82. The van der Waals surface area contributed by atoms with E-state index in [2.05, 4.69) is 50.9 Å². The van der Waals surface area contributed by atoms with Crippen molar-refractivity contribution in [3.63, 3.8) is 0 Å². The van der Waals surface area contributed by atoms with Gasteiger partial charge in [0.1, 0.15) is 0 Å². The van der Waals surface area contributed by atoms with Gasteiger partial charge >= 0.3 is 0 Å². The van der Waals surface area contributed by atoms with Gasteiger partial charge in [0.25, 0.3) is 0 Å². The third kappa shape index (κ3) is 3.56. The zero-order valence-corrected chi connectivity index (χ0v) is 10.2. The molecule has 0 aliphatic carbocycles. The lowest BCUT2D eigenvalue weighted by Gasteiger charge is -2.23. The molecule has 2 heteroatoms. The normalized spacial score (nSPS) is 12.6. The topological polar surface area (TPSA) is 29.3 Å². The molecule has 0 amide bonds. The first kappa shape index (κ1) is 12.1. The highest BCUT2D eigenvalue weighted by Crippen LogP contribution is 2.18. The second-order valence-corrected chi connectivity index (χ2v) is 4.57. The molecule has 1 rings (SSSR count). The Morgan fingerprint density at radius 2 is 1.73 bits per heavy atom. The monoisotopic (exact) mass is 206 g/mol. The molecular weight excluding hydrogens is 184 g/mol. The highest BCUT2D eigenvalue weighted by Gasteiger charge is 2.06. The molecule has 0 radical (unpaired) electrons. The van der Waals surface area contributed by atoms with Crippen LogP contribution in [0.15, 0.2) is 18.2 Å². The summed E-state index contributed by atoms with van der Waals surface area (Å²) in [5.41, 5.74) is 9.55. The Morgan fingerprint density at radius 1 is 1.20 bits per heavy atom. The molecule has 1 unspecified atom stereocenters. The SMILES string of the molecule is Cc1cc(C)cc(N(C)CC(C)CN)c1. The maximum atomic E-state index is 5.63. The summed E-state index contributed by atoms with van der Waals surface area (Å²) in [7, 11) is 2.13. The van der Waals surface area contributed by atoms with E-state index in [4.69, 9.17) is 5.73 Å². The number of rotatable bonds is 4. The molecule has 1 atom stereocenters. The van der Waals surface area contributed by atoms with Gasteiger partial charge in [-0.05, 0) is 49.6 Å². The van der Waals surface area contributed by atoms with Gasteiger partial charge in [-0.15, -0.1) is 0 Å². The third-order valence-corrected chi connectivity index (χ3v) is 2.64. The molecule has 0 saturated heterocycles. The fourth-order valence-electron chi connectivity index (χ4n) is 1.82. The van der Waals surface area contributed by atoms with Crippen LogP contribution >= 0.6 is 0 Å². The van der Waals surface area contributed by atoms with Crippen molar-refractivity contribution in [2.45, 2.75) is 20.8 Å². The minimum absolute atomic E-state index is 0.538. The van der Waals surface area contributed by atoms with Crippen molar-refractivity contribution in [2.24, 2.45) is 11.7 Å². The number of anilines is 1. The number of benzene rings is 1. The number of nitrogens with two attached hydrogens (primary N) is 1. The molecule has 0 heterocycles. The maximum Gasteiger partial charge on any atom is 0.0369 e. The van der Waals surface area contributed by atoms with Gasteiger partial charge in [0.15, 0.2) is 0 Å². The molecule has 0 aromatic heterocycles. The van der Waals surface area contributed by atoms with Crippen LogP contribution in [0.5, 0.6) is 0 Å². The molecule has 0 fully saturated rings. The van der Waals surface area contributed by atoms with E-state index in [1.807, 2.05) is 0 Å². The second-order valence-electron chi connectivity index (χ2n) is 4.57. The minimum atomic E-state index is 0.538. The molecule has 0 aliphatic heterocycles. The average Bonchev–Trinajstić information content (AvgIpc) is 2.16. The standard InChI is InChI=1S/C13H22N2/c1-10-5-11(2)7-13(6-10)15(4)9-12(3)8-14/h5-7,12H,8-9,14H2,1-4H3. The van der Waals surface area contributed by atoms with Gasteiger partial charge in [-0.3, -0.25) is 0 Å². The van der Waals surface area contributed by atoms with Crippen molar-refractivity contribution in [1.82, 2.24) is 0 Å². The van der Waals surface area contributed by atoms with Gasteiger partial charge in [0.2, 0.25) is 0 Å². The lowest BCUT2D eigenvalue weighted by atomic mass is 10.1. The molecule has 0 saturated carbocycles. The first-order valence-electron chi connectivity index (χ1n) is 5.52. The highest BCUT2D eigenvalue weighted by atomic mass is 15.1. The Hall–Kier alpha value is -1.02. The van der Waals surface area contributed by atoms with E-state index in [0.717, 1.165) is 13.1 Å². The first-order chi connectivity index (χ1) is 7.02. The lowest BCUT2D eigenvalue weighted by Crippen LogP contribution is -2.28.